The lowest BCUT2D eigenvalue weighted by atomic mass is 9.97. The maximum absolute atomic E-state index is 13.3. The van der Waals surface area contributed by atoms with Gasteiger partial charge in [0.15, 0.2) is 0 Å². The number of imidazole rings is 1. The molecule has 11 heteroatoms. The van der Waals surface area contributed by atoms with Crippen molar-refractivity contribution in [3.05, 3.63) is 113 Å². The average molecular weight is 620 g/mol. The van der Waals surface area contributed by atoms with Crippen molar-refractivity contribution in [3.8, 4) is 28.8 Å². The van der Waals surface area contributed by atoms with Crippen LogP contribution in [0.25, 0.3) is 38.8 Å². The molecule has 1 N–H and O–H groups in total. The number of ether oxygens (including phenoxy) is 1. The zero-order valence-corrected chi connectivity index (χ0v) is 25.6. The van der Waals surface area contributed by atoms with Crippen LogP contribution in [0.2, 0.25) is 0 Å². The van der Waals surface area contributed by atoms with Gasteiger partial charge in [0.25, 0.3) is 10.1 Å². The quantitative estimate of drug-likeness (QED) is 0.241. The Morgan fingerprint density at radius 3 is 2.20 bits per heavy atom. The molecule has 1 aliphatic carbocycles. The normalized spacial score (nSPS) is 13.6. The zero-order valence-electron chi connectivity index (χ0n) is 24.8. The Bertz CT molecular complexity index is 2260. The average Bonchev–Trinajstić information content (AvgIpc) is 3.81. The summed E-state index contributed by atoms with van der Waals surface area (Å²) in [5.74, 6) is 0.554. The fourth-order valence-corrected chi connectivity index (χ4v) is 5.80. The first-order valence-corrected chi connectivity index (χ1v) is 15.6. The highest BCUT2D eigenvalue weighted by Crippen LogP contribution is 2.47. The van der Waals surface area contributed by atoms with E-state index in [1.54, 1.807) is 47.8 Å². The van der Waals surface area contributed by atoms with Crippen LogP contribution in [0.3, 0.4) is 0 Å². The Kier molecular flexibility index (Phi) is 7.48. The summed E-state index contributed by atoms with van der Waals surface area (Å²) in [4.78, 5) is 22.2. The Balaban J connectivity index is 0.000000276. The minimum atomic E-state index is -4.02. The summed E-state index contributed by atoms with van der Waals surface area (Å²) < 4.78 is 38.1. The third-order valence-corrected chi connectivity index (χ3v) is 8.99. The summed E-state index contributed by atoms with van der Waals surface area (Å²) in [5, 5.41) is 10.4. The summed E-state index contributed by atoms with van der Waals surface area (Å²) >= 11 is 0. The Labute approximate surface area is 259 Å². The molecule has 1 saturated carbocycles. The second-order valence-corrected chi connectivity index (χ2v) is 12.4. The molecule has 3 aromatic heterocycles. The molecule has 6 aromatic rings. The molecule has 0 spiro atoms. The third kappa shape index (κ3) is 5.57. The van der Waals surface area contributed by atoms with Crippen molar-refractivity contribution in [2.45, 2.75) is 30.1 Å². The van der Waals surface area contributed by atoms with Gasteiger partial charge in [-0.15, -0.1) is 0 Å². The molecule has 0 aliphatic heterocycles. The lowest BCUT2D eigenvalue weighted by molar-refractivity contribution is 0.398. The molecule has 7 rings (SSSR count). The van der Waals surface area contributed by atoms with Gasteiger partial charge in [-0.1, -0.05) is 35.9 Å². The Hall–Kier alpha value is -5.31. The van der Waals surface area contributed by atoms with Crippen LogP contribution in [-0.2, 0) is 22.6 Å². The van der Waals surface area contributed by atoms with E-state index in [0.29, 0.717) is 5.88 Å². The minimum Gasteiger partial charge on any atom is -0.481 e. The Morgan fingerprint density at radius 1 is 0.933 bits per heavy atom. The standard InChI is InChI=1S/C27H21N5O2.C7H8O3S/c1-31-23-15-29-22-9-3-17(18-4-10-24(34-2)30-14-18)13-21(22)25(23)32(26(31)33)20-7-5-19(6-8-20)27(16-28)11-12-27;1-6-2-4-7(5-3-6)11(8,9)10/h3-10,13-15H,11-12H2,1-2H3;2-5H,1H3,(H,8,9,10). The Morgan fingerprint density at radius 2 is 1.62 bits per heavy atom. The smallest absolute Gasteiger partial charge is 0.333 e. The van der Waals surface area contributed by atoms with E-state index >= 15 is 0 Å². The van der Waals surface area contributed by atoms with Crippen LogP contribution >= 0.6 is 0 Å². The molecule has 226 valence electrons. The predicted octanol–water partition coefficient (Wildman–Crippen LogP) is 5.74. The van der Waals surface area contributed by atoms with E-state index < -0.39 is 10.1 Å². The molecule has 0 bridgehead atoms. The van der Waals surface area contributed by atoms with Gasteiger partial charge in [-0.2, -0.15) is 13.7 Å². The number of rotatable bonds is 5. The van der Waals surface area contributed by atoms with Gasteiger partial charge >= 0.3 is 5.69 Å². The molecule has 3 heterocycles. The lowest BCUT2D eigenvalue weighted by Gasteiger charge is -2.10. The van der Waals surface area contributed by atoms with Gasteiger partial charge in [0.05, 0.1) is 51.9 Å². The van der Waals surface area contributed by atoms with E-state index in [1.807, 2.05) is 61.5 Å². The van der Waals surface area contributed by atoms with Gasteiger partial charge in [-0.05, 0) is 73.4 Å². The second-order valence-electron chi connectivity index (χ2n) is 11.0. The second kappa shape index (κ2) is 11.3. The highest BCUT2D eigenvalue weighted by molar-refractivity contribution is 7.85. The number of fused-ring (bicyclic) bond motifs is 3. The molecule has 1 fully saturated rings. The first-order valence-electron chi connectivity index (χ1n) is 14.1. The highest BCUT2D eigenvalue weighted by atomic mass is 32.2. The summed E-state index contributed by atoms with van der Waals surface area (Å²) in [6, 6.07) is 26.0. The number of pyridine rings is 2. The van der Waals surface area contributed by atoms with Gasteiger partial charge in [0.2, 0.25) is 5.88 Å². The van der Waals surface area contributed by atoms with E-state index in [9.17, 15) is 18.5 Å². The molecular weight excluding hydrogens is 590 g/mol. The number of hydrogen-bond donors (Lipinski definition) is 1. The number of aromatic nitrogens is 4. The van der Waals surface area contributed by atoms with Crippen molar-refractivity contribution in [1.82, 2.24) is 19.1 Å². The maximum Gasteiger partial charge on any atom is 0.333 e. The molecule has 0 radical (unpaired) electrons. The molecule has 10 nitrogen and oxygen atoms in total. The van der Waals surface area contributed by atoms with Crippen molar-refractivity contribution < 1.29 is 17.7 Å². The molecule has 0 amide bonds. The van der Waals surface area contributed by atoms with Gasteiger partial charge in [-0.25, -0.2) is 9.78 Å². The fourth-order valence-electron chi connectivity index (χ4n) is 5.32. The van der Waals surface area contributed by atoms with Crippen molar-refractivity contribution in [2.24, 2.45) is 7.05 Å². The largest absolute Gasteiger partial charge is 0.481 e. The molecule has 0 unspecified atom stereocenters. The van der Waals surface area contributed by atoms with Crippen LogP contribution in [0.1, 0.15) is 24.0 Å². The maximum atomic E-state index is 13.3. The number of methoxy groups -OCH3 is 1. The number of aryl methyl sites for hydroxylation is 2. The van der Waals surface area contributed by atoms with Crippen molar-refractivity contribution >= 4 is 32.1 Å². The summed E-state index contributed by atoms with van der Waals surface area (Å²) in [5.41, 5.74) is 6.49. The molecular formula is C34H29N5O5S. The van der Waals surface area contributed by atoms with Crippen LogP contribution in [0, 0.1) is 18.3 Å². The summed E-state index contributed by atoms with van der Waals surface area (Å²) in [7, 11) is -0.671. The molecule has 1 aliphatic rings. The van der Waals surface area contributed by atoms with Gasteiger partial charge in [-0.3, -0.25) is 18.7 Å². The minimum absolute atomic E-state index is 0.0666. The molecule has 3 aromatic carbocycles. The van der Waals surface area contributed by atoms with Crippen LogP contribution in [0.5, 0.6) is 5.88 Å². The van der Waals surface area contributed by atoms with E-state index in [-0.39, 0.29) is 16.0 Å². The van der Waals surface area contributed by atoms with Gasteiger partial charge in [0, 0.05) is 30.3 Å². The van der Waals surface area contributed by atoms with Crippen molar-refractivity contribution in [2.75, 3.05) is 7.11 Å². The number of benzene rings is 3. The first-order chi connectivity index (χ1) is 21.5. The van der Waals surface area contributed by atoms with Gasteiger partial charge < -0.3 is 4.74 Å². The fraction of sp³-hybridized carbons (Fsp3) is 0.176. The predicted molar refractivity (Wildman–Crippen MR) is 171 cm³/mol. The number of hydrogen-bond acceptors (Lipinski definition) is 7. The first kappa shape index (κ1) is 29.7. The number of nitriles is 1. The van der Waals surface area contributed by atoms with Crippen molar-refractivity contribution in [3.63, 3.8) is 0 Å². The summed E-state index contributed by atoms with van der Waals surface area (Å²) in [6.45, 7) is 1.84. The molecule has 0 atom stereocenters. The summed E-state index contributed by atoms with van der Waals surface area (Å²) in [6.07, 6.45) is 5.29. The van der Waals surface area contributed by atoms with Crippen LogP contribution in [0.15, 0.2) is 101 Å². The zero-order chi connectivity index (χ0) is 31.9. The molecule has 45 heavy (non-hydrogen) atoms. The van der Waals surface area contributed by atoms with Crippen LogP contribution in [0.4, 0.5) is 0 Å². The lowest BCUT2D eigenvalue weighted by Crippen LogP contribution is -2.21. The topological polar surface area (TPSA) is 140 Å². The van der Waals surface area contributed by atoms with Crippen LogP contribution in [-0.4, -0.2) is 39.2 Å². The third-order valence-electron chi connectivity index (χ3n) is 8.12. The van der Waals surface area contributed by atoms with Crippen LogP contribution < -0.4 is 10.4 Å². The van der Waals surface area contributed by atoms with Crippen molar-refractivity contribution in [1.29, 1.82) is 5.26 Å². The molecule has 0 saturated heterocycles. The monoisotopic (exact) mass is 619 g/mol. The van der Waals surface area contributed by atoms with Gasteiger partial charge in [0.1, 0.15) is 0 Å². The SMILES string of the molecule is COc1ccc(-c2ccc3ncc4c(c3c2)n(-c2ccc(C3(C#N)CC3)cc2)c(=O)n4C)cn1.Cc1ccc(S(=O)(=O)O)cc1. The highest BCUT2D eigenvalue weighted by Gasteiger charge is 2.44. The van der Waals surface area contributed by atoms with E-state index in [2.05, 4.69) is 16.0 Å². The number of nitrogens with zero attached hydrogens (tertiary/aromatic N) is 5. The van der Waals surface area contributed by atoms with E-state index in [1.165, 1.54) is 12.1 Å². The van der Waals surface area contributed by atoms with E-state index in [4.69, 9.17) is 9.29 Å². The van der Waals surface area contributed by atoms with E-state index in [0.717, 1.165) is 62.7 Å².